The van der Waals surface area contributed by atoms with Gasteiger partial charge in [-0.25, -0.2) is 0 Å². The quantitative estimate of drug-likeness (QED) is 0.821. The number of pyridine rings is 1. The van der Waals surface area contributed by atoms with Crippen LogP contribution >= 0.6 is 11.6 Å². The molecular weight excluding hydrogens is 276 g/mol. The number of benzene rings is 1. The molecule has 2 N–H and O–H groups in total. The molecule has 2 rings (SSSR count). The van der Waals surface area contributed by atoms with Crippen LogP contribution in [0.5, 0.6) is 0 Å². The molecule has 0 radical (unpaired) electrons. The van der Waals surface area contributed by atoms with E-state index in [0.29, 0.717) is 24.5 Å². The molecule has 1 aromatic carbocycles. The Balaban J connectivity index is 2.28. The van der Waals surface area contributed by atoms with Gasteiger partial charge in [0.05, 0.1) is 12.1 Å². The Bertz CT molecular complexity index is 563. The zero-order chi connectivity index (χ0) is 14.4. The van der Waals surface area contributed by atoms with Crippen LogP contribution < -0.4 is 0 Å². The Morgan fingerprint density at radius 1 is 1.10 bits per heavy atom. The first-order valence-electron chi connectivity index (χ1n) is 6.72. The summed E-state index contributed by atoms with van der Waals surface area (Å²) in [4.78, 5) is 6.49. The first-order valence-corrected chi connectivity index (χ1v) is 7.10. The fraction of sp³-hybridized carbons (Fsp3) is 0.400. The highest BCUT2D eigenvalue weighted by Gasteiger charge is 2.12. The minimum absolute atomic E-state index is 0.0846. The molecule has 4 nitrogen and oxygen atoms in total. The number of aromatic nitrogens is 1. The molecule has 2 aromatic rings. The third kappa shape index (κ3) is 3.67. The molecule has 0 saturated carbocycles. The molecule has 0 aliphatic rings. The average molecular weight is 295 g/mol. The number of hydrogen-bond acceptors (Lipinski definition) is 4. The van der Waals surface area contributed by atoms with Gasteiger partial charge in [0.25, 0.3) is 0 Å². The predicted molar refractivity (Wildman–Crippen MR) is 80.8 cm³/mol. The molecular formula is C15H19ClN2O2. The van der Waals surface area contributed by atoms with Gasteiger partial charge in [0.15, 0.2) is 0 Å². The van der Waals surface area contributed by atoms with Crippen molar-refractivity contribution in [2.75, 3.05) is 26.3 Å². The van der Waals surface area contributed by atoms with Gasteiger partial charge in [-0.05, 0) is 18.6 Å². The molecule has 0 amide bonds. The van der Waals surface area contributed by atoms with Crippen molar-refractivity contribution in [3.05, 3.63) is 41.0 Å². The first kappa shape index (κ1) is 15.2. The van der Waals surface area contributed by atoms with Crippen LogP contribution in [0.3, 0.4) is 0 Å². The maximum absolute atomic E-state index is 9.14. The predicted octanol–water partition coefficient (Wildman–Crippen LogP) is 2.06. The number of halogens is 1. The van der Waals surface area contributed by atoms with Crippen molar-refractivity contribution in [3.8, 4) is 0 Å². The fourth-order valence-corrected chi connectivity index (χ4v) is 2.47. The summed E-state index contributed by atoms with van der Waals surface area (Å²) in [5, 5.41) is 19.8. The van der Waals surface area contributed by atoms with Gasteiger partial charge < -0.3 is 10.2 Å². The van der Waals surface area contributed by atoms with E-state index in [4.69, 9.17) is 21.8 Å². The highest BCUT2D eigenvalue weighted by atomic mass is 35.5. The highest BCUT2D eigenvalue weighted by molar-refractivity contribution is 6.32. The highest BCUT2D eigenvalue weighted by Crippen LogP contribution is 2.25. The largest absolute Gasteiger partial charge is 0.396 e. The lowest BCUT2D eigenvalue weighted by Crippen LogP contribution is -2.28. The number of hydrogen-bond donors (Lipinski definition) is 2. The second-order valence-corrected chi connectivity index (χ2v) is 5.09. The molecule has 1 aromatic heterocycles. The number of aliphatic hydroxyl groups is 2. The van der Waals surface area contributed by atoms with E-state index in [2.05, 4.69) is 9.88 Å². The number of nitrogens with zero attached hydrogens (tertiary/aromatic N) is 2. The maximum Gasteiger partial charge on any atom is 0.0761 e. The van der Waals surface area contributed by atoms with Crippen molar-refractivity contribution >= 4 is 22.5 Å². The van der Waals surface area contributed by atoms with Gasteiger partial charge in [-0.3, -0.25) is 9.88 Å². The first-order chi connectivity index (χ1) is 9.76. The molecule has 1 heterocycles. The van der Waals surface area contributed by atoms with E-state index >= 15 is 0 Å². The van der Waals surface area contributed by atoms with E-state index in [1.807, 2.05) is 24.3 Å². The molecule has 0 bridgehead atoms. The van der Waals surface area contributed by atoms with Gasteiger partial charge >= 0.3 is 0 Å². The van der Waals surface area contributed by atoms with Crippen LogP contribution in [-0.4, -0.2) is 46.4 Å². The SMILES string of the molecule is OCCCN(CCO)Cc1c(Cl)ccc2cccnc12. The molecule has 0 atom stereocenters. The van der Waals surface area contributed by atoms with Crippen LogP contribution in [-0.2, 0) is 6.54 Å². The minimum Gasteiger partial charge on any atom is -0.396 e. The van der Waals surface area contributed by atoms with Crippen LogP contribution in [0.15, 0.2) is 30.5 Å². The summed E-state index contributed by atoms with van der Waals surface area (Å²) in [5.74, 6) is 0. The number of fused-ring (bicyclic) bond motifs is 1. The second kappa shape index (κ2) is 7.55. The third-order valence-corrected chi connectivity index (χ3v) is 3.61. The molecule has 0 aliphatic carbocycles. The Kier molecular flexibility index (Phi) is 5.73. The fourth-order valence-electron chi connectivity index (χ4n) is 2.26. The van der Waals surface area contributed by atoms with Gasteiger partial charge in [-0.1, -0.05) is 23.7 Å². The minimum atomic E-state index is 0.0846. The Hall–Kier alpha value is -1.20. The Morgan fingerprint density at radius 2 is 1.95 bits per heavy atom. The van der Waals surface area contributed by atoms with E-state index in [1.54, 1.807) is 6.20 Å². The molecule has 0 unspecified atom stereocenters. The van der Waals surface area contributed by atoms with E-state index in [9.17, 15) is 0 Å². The molecule has 0 spiro atoms. The number of aliphatic hydroxyl groups excluding tert-OH is 2. The lowest BCUT2D eigenvalue weighted by Gasteiger charge is -2.22. The summed E-state index contributed by atoms with van der Waals surface area (Å²) >= 11 is 6.30. The van der Waals surface area contributed by atoms with Gasteiger partial charge in [0.2, 0.25) is 0 Å². The molecule has 20 heavy (non-hydrogen) atoms. The van der Waals surface area contributed by atoms with E-state index in [0.717, 1.165) is 23.0 Å². The second-order valence-electron chi connectivity index (χ2n) is 4.68. The van der Waals surface area contributed by atoms with Gasteiger partial charge in [0.1, 0.15) is 0 Å². The van der Waals surface area contributed by atoms with Crippen molar-refractivity contribution in [3.63, 3.8) is 0 Å². The van der Waals surface area contributed by atoms with Crippen LogP contribution in [0.25, 0.3) is 10.9 Å². The van der Waals surface area contributed by atoms with Gasteiger partial charge in [0, 0.05) is 48.4 Å². The summed E-state index contributed by atoms with van der Waals surface area (Å²) in [6, 6.07) is 7.74. The van der Waals surface area contributed by atoms with E-state index in [-0.39, 0.29) is 13.2 Å². The lowest BCUT2D eigenvalue weighted by molar-refractivity contribution is 0.174. The van der Waals surface area contributed by atoms with E-state index < -0.39 is 0 Å². The van der Waals surface area contributed by atoms with Gasteiger partial charge in [-0.15, -0.1) is 0 Å². The molecule has 0 aliphatic heterocycles. The normalized spacial score (nSPS) is 11.4. The molecule has 5 heteroatoms. The van der Waals surface area contributed by atoms with Crippen LogP contribution in [0.1, 0.15) is 12.0 Å². The third-order valence-electron chi connectivity index (χ3n) is 3.25. The molecule has 0 fully saturated rings. The van der Waals surface area contributed by atoms with Crippen LogP contribution in [0.2, 0.25) is 5.02 Å². The zero-order valence-corrected chi connectivity index (χ0v) is 12.1. The van der Waals surface area contributed by atoms with Crippen LogP contribution in [0, 0.1) is 0 Å². The van der Waals surface area contributed by atoms with E-state index in [1.165, 1.54) is 0 Å². The molecule has 0 saturated heterocycles. The lowest BCUT2D eigenvalue weighted by atomic mass is 10.1. The smallest absolute Gasteiger partial charge is 0.0761 e. The topological polar surface area (TPSA) is 56.6 Å². The van der Waals surface area contributed by atoms with Crippen LogP contribution in [0.4, 0.5) is 0 Å². The zero-order valence-electron chi connectivity index (χ0n) is 11.3. The summed E-state index contributed by atoms with van der Waals surface area (Å²) in [6.45, 7) is 2.12. The summed E-state index contributed by atoms with van der Waals surface area (Å²) in [6.07, 6.45) is 2.43. The van der Waals surface area contributed by atoms with Crippen molar-refractivity contribution in [1.82, 2.24) is 9.88 Å². The van der Waals surface area contributed by atoms with Crippen molar-refractivity contribution < 1.29 is 10.2 Å². The standard InChI is InChI=1S/C15H19ClN2O2/c16-14-5-4-12-3-1-6-17-15(12)13(14)11-18(8-10-20)7-2-9-19/h1,3-6,19-20H,2,7-11H2. The van der Waals surface area contributed by atoms with Gasteiger partial charge in [-0.2, -0.15) is 0 Å². The van der Waals surface area contributed by atoms with Crippen molar-refractivity contribution in [1.29, 1.82) is 0 Å². The summed E-state index contributed by atoms with van der Waals surface area (Å²) in [5.41, 5.74) is 1.86. The number of rotatable bonds is 7. The summed E-state index contributed by atoms with van der Waals surface area (Å²) < 4.78 is 0. The Morgan fingerprint density at radius 3 is 2.70 bits per heavy atom. The molecule has 108 valence electrons. The Labute approximate surface area is 123 Å². The average Bonchev–Trinajstić information content (AvgIpc) is 2.47. The monoisotopic (exact) mass is 294 g/mol. The summed E-state index contributed by atoms with van der Waals surface area (Å²) in [7, 11) is 0. The van der Waals surface area contributed by atoms with Crippen molar-refractivity contribution in [2.24, 2.45) is 0 Å². The maximum atomic E-state index is 9.14. The van der Waals surface area contributed by atoms with Crippen molar-refractivity contribution in [2.45, 2.75) is 13.0 Å².